The summed E-state index contributed by atoms with van der Waals surface area (Å²) in [6.45, 7) is 4.61. The lowest BCUT2D eigenvalue weighted by molar-refractivity contribution is 0.475. The summed E-state index contributed by atoms with van der Waals surface area (Å²) in [5, 5.41) is 12.7. The van der Waals surface area contributed by atoms with Crippen LogP contribution in [0.15, 0.2) is 48.5 Å². The Balaban J connectivity index is 1.59. The van der Waals surface area contributed by atoms with Gasteiger partial charge in [0.1, 0.15) is 11.6 Å². The van der Waals surface area contributed by atoms with Gasteiger partial charge in [-0.05, 0) is 36.8 Å². The Bertz CT molecular complexity index is 731. The number of fused-ring (bicyclic) bond motifs is 1. The van der Waals surface area contributed by atoms with Crippen molar-refractivity contribution in [2.45, 2.75) is 20.0 Å². The molecule has 0 unspecified atom stereocenters. The number of phenols is 1. The molecule has 0 saturated heterocycles. The van der Waals surface area contributed by atoms with Crippen molar-refractivity contribution >= 4 is 11.0 Å². The van der Waals surface area contributed by atoms with Crippen molar-refractivity contribution in [3.05, 3.63) is 59.9 Å². The van der Waals surface area contributed by atoms with Crippen molar-refractivity contribution in [2.24, 2.45) is 0 Å². The molecule has 0 radical (unpaired) electrons. The van der Waals surface area contributed by atoms with Gasteiger partial charge in [0.15, 0.2) is 0 Å². The summed E-state index contributed by atoms with van der Waals surface area (Å²) < 4.78 is 2.24. The van der Waals surface area contributed by atoms with Gasteiger partial charge in [0.25, 0.3) is 0 Å². The molecule has 3 aromatic rings. The number of nitrogens with zero attached hydrogens (tertiary/aromatic N) is 2. The Hall–Kier alpha value is -2.33. The zero-order valence-corrected chi connectivity index (χ0v) is 12.1. The fourth-order valence-corrected chi connectivity index (χ4v) is 2.52. The normalized spacial score (nSPS) is 11.1. The maximum absolute atomic E-state index is 9.25. The average molecular weight is 281 g/mol. The first-order valence-corrected chi connectivity index (χ1v) is 7.14. The number of hydrogen-bond donors (Lipinski definition) is 2. The van der Waals surface area contributed by atoms with Gasteiger partial charge in [-0.15, -0.1) is 0 Å². The van der Waals surface area contributed by atoms with Crippen LogP contribution >= 0.6 is 0 Å². The number of aryl methyl sites for hydroxylation is 1. The lowest BCUT2D eigenvalue weighted by atomic mass is 10.2. The van der Waals surface area contributed by atoms with Crippen LogP contribution in [0.4, 0.5) is 0 Å². The number of hydrogen-bond acceptors (Lipinski definition) is 3. The second-order valence-electron chi connectivity index (χ2n) is 5.14. The quantitative estimate of drug-likeness (QED) is 0.707. The lowest BCUT2D eigenvalue weighted by Crippen LogP contribution is -2.20. The highest BCUT2D eigenvalue weighted by atomic mass is 16.3. The van der Waals surface area contributed by atoms with E-state index in [1.165, 1.54) is 11.1 Å². The predicted octanol–water partition coefficient (Wildman–Crippen LogP) is 2.84. The highest BCUT2D eigenvalue weighted by molar-refractivity contribution is 5.75. The van der Waals surface area contributed by atoms with E-state index in [-0.39, 0.29) is 0 Å². The van der Waals surface area contributed by atoms with Crippen molar-refractivity contribution in [3.63, 3.8) is 0 Å². The molecule has 1 heterocycles. The molecule has 4 heteroatoms. The van der Waals surface area contributed by atoms with Gasteiger partial charge in [-0.25, -0.2) is 4.98 Å². The van der Waals surface area contributed by atoms with Crippen LogP contribution in [-0.2, 0) is 13.1 Å². The SMILES string of the molecule is Cc1nc2ccccc2n1CCNCc1ccc(O)cc1. The van der Waals surface area contributed by atoms with Crippen molar-refractivity contribution in [1.29, 1.82) is 0 Å². The standard InChI is InChI=1S/C17H19N3O/c1-13-19-16-4-2-3-5-17(16)20(13)11-10-18-12-14-6-8-15(21)9-7-14/h2-9,18,21H,10-12H2,1H3. The molecule has 0 fully saturated rings. The topological polar surface area (TPSA) is 50.1 Å². The average Bonchev–Trinajstić information content (AvgIpc) is 2.81. The van der Waals surface area contributed by atoms with Gasteiger partial charge in [-0.1, -0.05) is 24.3 Å². The molecular formula is C17H19N3O. The fraction of sp³-hybridized carbons (Fsp3) is 0.235. The van der Waals surface area contributed by atoms with Crippen LogP contribution in [0.5, 0.6) is 5.75 Å². The molecule has 0 spiro atoms. The summed E-state index contributed by atoms with van der Waals surface area (Å²) in [5.74, 6) is 1.35. The van der Waals surface area contributed by atoms with E-state index in [0.29, 0.717) is 5.75 Å². The number of phenolic OH excluding ortho intramolecular Hbond substituents is 1. The van der Waals surface area contributed by atoms with Crippen LogP contribution in [0.1, 0.15) is 11.4 Å². The third-order valence-electron chi connectivity index (χ3n) is 3.62. The number of nitrogens with one attached hydrogen (secondary N) is 1. The predicted molar refractivity (Wildman–Crippen MR) is 84.3 cm³/mol. The molecule has 0 bridgehead atoms. The fourth-order valence-electron chi connectivity index (χ4n) is 2.52. The van der Waals surface area contributed by atoms with Gasteiger partial charge in [-0.3, -0.25) is 0 Å². The summed E-state index contributed by atoms with van der Waals surface area (Å²) >= 11 is 0. The van der Waals surface area contributed by atoms with E-state index in [1.54, 1.807) is 12.1 Å². The molecule has 0 saturated carbocycles. The molecule has 21 heavy (non-hydrogen) atoms. The molecule has 0 aliphatic rings. The van der Waals surface area contributed by atoms with E-state index in [9.17, 15) is 5.11 Å². The first-order valence-electron chi connectivity index (χ1n) is 7.14. The monoisotopic (exact) mass is 281 g/mol. The van der Waals surface area contributed by atoms with Crippen molar-refractivity contribution in [1.82, 2.24) is 14.9 Å². The van der Waals surface area contributed by atoms with Crippen molar-refractivity contribution in [2.75, 3.05) is 6.54 Å². The number of rotatable bonds is 5. The minimum atomic E-state index is 0.305. The van der Waals surface area contributed by atoms with Gasteiger partial charge >= 0.3 is 0 Å². The maximum Gasteiger partial charge on any atom is 0.115 e. The van der Waals surface area contributed by atoms with Gasteiger partial charge in [0, 0.05) is 19.6 Å². The third-order valence-corrected chi connectivity index (χ3v) is 3.62. The molecule has 1 aromatic heterocycles. The zero-order valence-electron chi connectivity index (χ0n) is 12.1. The lowest BCUT2D eigenvalue weighted by Gasteiger charge is -2.08. The third kappa shape index (κ3) is 3.06. The van der Waals surface area contributed by atoms with Crippen LogP contribution in [0, 0.1) is 6.92 Å². The summed E-state index contributed by atoms with van der Waals surface area (Å²) in [6, 6.07) is 15.5. The molecule has 4 nitrogen and oxygen atoms in total. The maximum atomic E-state index is 9.25. The highest BCUT2D eigenvalue weighted by Gasteiger charge is 2.05. The van der Waals surface area contributed by atoms with E-state index in [2.05, 4.69) is 20.9 Å². The smallest absolute Gasteiger partial charge is 0.115 e. The minimum absolute atomic E-state index is 0.305. The molecule has 0 aliphatic carbocycles. The summed E-state index contributed by atoms with van der Waals surface area (Å²) in [6.07, 6.45) is 0. The second kappa shape index (κ2) is 5.97. The van der Waals surface area contributed by atoms with E-state index in [4.69, 9.17) is 0 Å². The van der Waals surface area contributed by atoms with Crippen molar-refractivity contribution < 1.29 is 5.11 Å². The Labute approximate surface area is 124 Å². The number of imidazole rings is 1. The van der Waals surface area contributed by atoms with Crippen LogP contribution in [0.25, 0.3) is 11.0 Å². The van der Waals surface area contributed by atoms with Crippen LogP contribution in [0.3, 0.4) is 0 Å². The number of para-hydroxylation sites is 2. The zero-order chi connectivity index (χ0) is 14.7. The van der Waals surface area contributed by atoms with Crippen LogP contribution in [-0.4, -0.2) is 21.2 Å². The van der Waals surface area contributed by atoms with Crippen LogP contribution < -0.4 is 5.32 Å². The Kier molecular flexibility index (Phi) is 3.88. The second-order valence-corrected chi connectivity index (χ2v) is 5.14. The summed E-state index contributed by atoms with van der Waals surface area (Å²) in [5.41, 5.74) is 3.40. The van der Waals surface area contributed by atoms with Crippen molar-refractivity contribution in [3.8, 4) is 5.75 Å². The molecule has 0 aliphatic heterocycles. The molecule has 2 N–H and O–H groups in total. The molecule has 0 amide bonds. The molecule has 108 valence electrons. The number of aromatic hydroxyl groups is 1. The summed E-state index contributed by atoms with van der Waals surface area (Å²) in [4.78, 5) is 4.57. The molecular weight excluding hydrogens is 262 g/mol. The van der Waals surface area contributed by atoms with E-state index >= 15 is 0 Å². The van der Waals surface area contributed by atoms with Gasteiger partial charge in [-0.2, -0.15) is 0 Å². The largest absolute Gasteiger partial charge is 0.508 e. The molecule has 2 aromatic carbocycles. The van der Waals surface area contributed by atoms with Gasteiger partial charge in [0.05, 0.1) is 11.0 Å². The Morgan fingerprint density at radius 1 is 1.10 bits per heavy atom. The van der Waals surface area contributed by atoms with Gasteiger partial charge in [0.2, 0.25) is 0 Å². The summed E-state index contributed by atoms with van der Waals surface area (Å²) in [7, 11) is 0. The van der Waals surface area contributed by atoms with E-state index in [1.807, 2.05) is 37.3 Å². The molecule has 3 rings (SSSR count). The Morgan fingerprint density at radius 3 is 2.67 bits per heavy atom. The number of aromatic nitrogens is 2. The van der Waals surface area contributed by atoms with Crippen LogP contribution in [0.2, 0.25) is 0 Å². The number of benzene rings is 2. The minimum Gasteiger partial charge on any atom is -0.508 e. The van der Waals surface area contributed by atoms with Gasteiger partial charge < -0.3 is 15.0 Å². The first kappa shape index (κ1) is 13.6. The Morgan fingerprint density at radius 2 is 1.86 bits per heavy atom. The van der Waals surface area contributed by atoms with E-state index in [0.717, 1.165) is 31.0 Å². The highest BCUT2D eigenvalue weighted by Crippen LogP contribution is 2.15. The molecule has 0 atom stereocenters. The first-order chi connectivity index (χ1) is 10.2. The van der Waals surface area contributed by atoms with E-state index < -0.39 is 0 Å².